The van der Waals surface area contributed by atoms with Gasteiger partial charge in [-0.2, -0.15) is 4.31 Å². The van der Waals surface area contributed by atoms with Crippen molar-refractivity contribution >= 4 is 26.9 Å². The molecular weight excluding hydrogens is 434 g/mol. The van der Waals surface area contributed by atoms with Crippen molar-refractivity contribution in [3.63, 3.8) is 0 Å². The number of sulfonamides is 1. The van der Waals surface area contributed by atoms with Gasteiger partial charge in [0, 0.05) is 44.0 Å². The van der Waals surface area contributed by atoms with Crippen molar-refractivity contribution in [2.75, 3.05) is 39.4 Å². The van der Waals surface area contributed by atoms with Crippen LogP contribution in [0.3, 0.4) is 0 Å². The maximum atomic E-state index is 13.0. The smallest absolute Gasteiger partial charge is 0.287 e. The number of carbonyl (C=O) groups excluding carboxylic acids is 1. The minimum absolute atomic E-state index is 0.149. The van der Waals surface area contributed by atoms with E-state index in [9.17, 15) is 13.2 Å². The Kier molecular flexibility index (Phi) is 5.64. The van der Waals surface area contributed by atoms with Gasteiger partial charge in [-0.05, 0) is 24.3 Å². The van der Waals surface area contributed by atoms with Gasteiger partial charge < -0.3 is 14.5 Å². The molecule has 3 aromatic heterocycles. The first-order chi connectivity index (χ1) is 15.5. The Balaban J connectivity index is 1.18. The summed E-state index contributed by atoms with van der Waals surface area (Å²) in [5.41, 5.74) is 1.08. The van der Waals surface area contributed by atoms with E-state index in [1.54, 1.807) is 30.6 Å². The maximum Gasteiger partial charge on any atom is 0.287 e. The summed E-state index contributed by atoms with van der Waals surface area (Å²) in [6, 6.07) is 6.96. The van der Waals surface area contributed by atoms with E-state index in [0.29, 0.717) is 43.5 Å². The van der Waals surface area contributed by atoms with Gasteiger partial charge >= 0.3 is 0 Å². The van der Waals surface area contributed by atoms with Crippen LogP contribution < -0.4 is 5.32 Å². The molecule has 0 bridgehead atoms. The number of ether oxygens (including phenoxy) is 1. The number of rotatable bonds is 6. The Morgan fingerprint density at radius 1 is 1.12 bits per heavy atom. The topological polar surface area (TPSA) is 118 Å². The van der Waals surface area contributed by atoms with Crippen molar-refractivity contribution in [2.45, 2.75) is 17.5 Å². The molecule has 0 spiro atoms. The molecule has 11 heteroatoms. The van der Waals surface area contributed by atoms with Crippen LogP contribution in [-0.2, 0) is 21.3 Å². The molecule has 168 valence electrons. The zero-order valence-corrected chi connectivity index (χ0v) is 18.1. The summed E-state index contributed by atoms with van der Waals surface area (Å²) in [7, 11) is -3.60. The third kappa shape index (κ3) is 4.11. The van der Waals surface area contributed by atoms with E-state index in [4.69, 9.17) is 9.15 Å². The molecule has 3 aromatic rings. The van der Waals surface area contributed by atoms with E-state index in [1.165, 1.54) is 16.6 Å². The zero-order chi connectivity index (χ0) is 22.1. The Morgan fingerprint density at radius 3 is 2.59 bits per heavy atom. The quantitative estimate of drug-likeness (QED) is 0.579. The lowest BCUT2D eigenvalue weighted by Crippen LogP contribution is -2.57. The van der Waals surface area contributed by atoms with Crippen molar-refractivity contribution in [3.8, 4) is 0 Å². The first kappa shape index (κ1) is 21.0. The summed E-state index contributed by atoms with van der Waals surface area (Å²) in [5.74, 6) is -0.200. The van der Waals surface area contributed by atoms with Crippen molar-refractivity contribution in [1.29, 1.82) is 0 Å². The molecule has 10 nitrogen and oxygen atoms in total. The summed E-state index contributed by atoms with van der Waals surface area (Å²) in [4.78, 5) is 23.0. The van der Waals surface area contributed by atoms with Crippen LogP contribution in [-0.4, -0.2) is 78.9 Å². The van der Waals surface area contributed by atoms with Gasteiger partial charge in [0.15, 0.2) is 11.3 Å². The molecule has 2 saturated heterocycles. The number of amides is 1. The van der Waals surface area contributed by atoms with Crippen LogP contribution in [0.2, 0.25) is 0 Å². The average molecular weight is 458 g/mol. The fourth-order valence-electron chi connectivity index (χ4n) is 3.81. The third-order valence-electron chi connectivity index (χ3n) is 5.82. The number of furan rings is 1. The van der Waals surface area contributed by atoms with Gasteiger partial charge in [0.05, 0.1) is 37.7 Å². The van der Waals surface area contributed by atoms with Crippen LogP contribution in [0.4, 0.5) is 0 Å². The summed E-state index contributed by atoms with van der Waals surface area (Å²) in [6.45, 7) is 3.89. The highest BCUT2D eigenvalue weighted by molar-refractivity contribution is 7.89. The lowest BCUT2D eigenvalue weighted by atomic mass is 10.2. The van der Waals surface area contributed by atoms with E-state index >= 15 is 0 Å². The average Bonchev–Trinajstić information content (AvgIpc) is 3.21. The van der Waals surface area contributed by atoms with E-state index in [2.05, 4.69) is 20.2 Å². The molecule has 5 heterocycles. The number of nitrogens with one attached hydrogen (secondary N) is 1. The maximum absolute atomic E-state index is 13.0. The Morgan fingerprint density at radius 2 is 1.94 bits per heavy atom. The molecule has 0 saturated carbocycles. The van der Waals surface area contributed by atoms with Crippen molar-refractivity contribution in [3.05, 3.63) is 54.3 Å². The second kappa shape index (κ2) is 8.58. The number of carbonyl (C=O) groups is 1. The molecule has 32 heavy (non-hydrogen) atoms. The third-order valence-corrected chi connectivity index (χ3v) is 7.70. The zero-order valence-electron chi connectivity index (χ0n) is 17.3. The molecule has 0 aromatic carbocycles. The molecule has 2 aliphatic heterocycles. The van der Waals surface area contributed by atoms with E-state index in [-0.39, 0.29) is 23.1 Å². The minimum atomic E-state index is -3.60. The number of aromatic nitrogens is 2. The van der Waals surface area contributed by atoms with Crippen LogP contribution in [0, 0.1) is 0 Å². The standard InChI is InChI=1S/C21H23N5O5S/c27-21(19-9-15-3-4-22-12-20(15)31-19)24-10-16-1-2-18(11-23-16)32(28,29)26-7-5-25(6-8-26)17-13-30-14-17/h1-4,9,11-12,17H,5-8,10,13-14H2,(H,24,27). The summed E-state index contributed by atoms with van der Waals surface area (Å²) < 4.78 is 38.1. The monoisotopic (exact) mass is 457 g/mol. The minimum Gasteiger partial charge on any atom is -0.449 e. The number of pyridine rings is 2. The molecule has 2 aliphatic rings. The molecule has 1 N–H and O–H groups in total. The van der Waals surface area contributed by atoms with Gasteiger partial charge in [-0.3, -0.25) is 19.7 Å². The van der Waals surface area contributed by atoms with E-state index in [1.807, 2.05) is 0 Å². The first-order valence-corrected chi connectivity index (χ1v) is 11.8. The second-order valence-corrected chi connectivity index (χ2v) is 9.76. The molecule has 0 aliphatic carbocycles. The molecule has 5 rings (SSSR count). The van der Waals surface area contributed by atoms with Crippen molar-refractivity contribution in [2.24, 2.45) is 0 Å². The van der Waals surface area contributed by atoms with Crippen LogP contribution in [0.25, 0.3) is 11.0 Å². The van der Waals surface area contributed by atoms with Gasteiger partial charge in [0.2, 0.25) is 10.0 Å². The van der Waals surface area contributed by atoms with Gasteiger partial charge in [0.25, 0.3) is 5.91 Å². The Hall–Kier alpha value is -2.86. The molecule has 1 amide bonds. The largest absolute Gasteiger partial charge is 0.449 e. The summed E-state index contributed by atoms with van der Waals surface area (Å²) in [5, 5.41) is 3.52. The molecule has 0 unspecified atom stereocenters. The number of piperazine rings is 1. The molecule has 0 radical (unpaired) electrons. The van der Waals surface area contributed by atoms with Gasteiger partial charge in [-0.15, -0.1) is 0 Å². The lowest BCUT2D eigenvalue weighted by Gasteiger charge is -2.42. The number of hydrogen-bond donors (Lipinski definition) is 1. The molecular formula is C21H23N5O5S. The van der Waals surface area contributed by atoms with E-state index < -0.39 is 10.0 Å². The highest BCUT2D eigenvalue weighted by atomic mass is 32.2. The van der Waals surface area contributed by atoms with Crippen molar-refractivity contribution in [1.82, 2.24) is 24.5 Å². The van der Waals surface area contributed by atoms with Gasteiger partial charge in [-0.1, -0.05) is 0 Å². The van der Waals surface area contributed by atoms with Crippen LogP contribution in [0.1, 0.15) is 16.2 Å². The number of hydrogen-bond acceptors (Lipinski definition) is 8. The Bertz CT molecular complexity index is 1180. The van der Waals surface area contributed by atoms with E-state index in [0.717, 1.165) is 18.6 Å². The Labute approximate surface area is 185 Å². The predicted octanol–water partition coefficient (Wildman–Crippen LogP) is 0.858. The molecule has 0 atom stereocenters. The highest BCUT2D eigenvalue weighted by Crippen LogP contribution is 2.20. The number of nitrogens with zero attached hydrogens (tertiary/aromatic N) is 4. The number of fused-ring (bicyclic) bond motifs is 1. The fraction of sp³-hybridized carbons (Fsp3) is 0.381. The fourth-order valence-corrected chi connectivity index (χ4v) is 5.18. The van der Waals surface area contributed by atoms with Crippen LogP contribution in [0.5, 0.6) is 0 Å². The second-order valence-electron chi connectivity index (χ2n) is 7.82. The van der Waals surface area contributed by atoms with Gasteiger partial charge in [-0.25, -0.2) is 8.42 Å². The normalized spacial score (nSPS) is 18.5. The van der Waals surface area contributed by atoms with Crippen LogP contribution >= 0.6 is 0 Å². The van der Waals surface area contributed by atoms with Crippen LogP contribution in [0.15, 0.2) is 52.2 Å². The SMILES string of the molecule is O=C(NCc1ccc(S(=O)(=O)N2CCN(C3COC3)CC2)cn1)c1cc2ccncc2o1. The molecule has 2 fully saturated rings. The predicted molar refractivity (Wildman–Crippen MR) is 114 cm³/mol. The van der Waals surface area contributed by atoms with Crippen molar-refractivity contribution < 1.29 is 22.4 Å². The summed E-state index contributed by atoms with van der Waals surface area (Å²) >= 11 is 0. The first-order valence-electron chi connectivity index (χ1n) is 10.4. The highest BCUT2D eigenvalue weighted by Gasteiger charge is 2.33. The summed E-state index contributed by atoms with van der Waals surface area (Å²) in [6.07, 6.45) is 4.52. The van der Waals surface area contributed by atoms with Gasteiger partial charge in [0.1, 0.15) is 4.90 Å². The lowest BCUT2D eigenvalue weighted by molar-refractivity contribution is -0.0721.